The van der Waals surface area contributed by atoms with Crippen LogP contribution in [0.25, 0.3) is 20.9 Å². The van der Waals surface area contributed by atoms with Gasteiger partial charge in [-0.2, -0.15) is 0 Å². The summed E-state index contributed by atoms with van der Waals surface area (Å²) < 4.78 is 11.5. The maximum absolute atomic E-state index is 12.9. The lowest BCUT2D eigenvalue weighted by molar-refractivity contribution is 0.102. The second-order valence-corrected chi connectivity index (χ2v) is 6.83. The number of nitrogens with one attached hydrogen (secondary N) is 1. The van der Waals surface area contributed by atoms with E-state index in [4.69, 9.17) is 9.47 Å². The average molecular weight is 392 g/mol. The third-order valence-corrected chi connectivity index (χ3v) is 5.06. The summed E-state index contributed by atoms with van der Waals surface area (Å²) in [5.41, 5.74) is 2.03. The van der Waals surface area contributed by atoms with Gasteiger partial charge in [0.1, 0.15) is 22.2 Å². The summed E-state index contributed by atoms with van der Waals surface area (Å²) in [7, 11) is 3.10. The zero-order chi connectivity index (χ0) is 19.5. The van der Waals surface area contributed by atoms with Gasteiger partial charge in [0.25, 0.3) is 5.91 Å². The van der Waals surface area contributed by atoms with Crippen molar-refractivity contribution in [2.24, 2.45) is 0 Å². The van der Waals surface area contributed by atoms with Crippen LogP contribution in [0.3, 0.4) is 0 Å². The fraction of sp³-hybridized carbons (Fsp3) is 0.100. The number of amides is 1. The normalized spacial score (nSPS) is 10.6. The van der Waals surface area contributed by atoms with Crippen LogP contribution in [-0.2, 0) is 0 Å². The molecule has 0 aliphatic carbocycles. The molecule has 28 heavy (non-hydrogen) atoms. The number of fused-ring (bicyclic) bond motifs is 1. The second-order valence-electron chi connectivity index (χ2n) is 5.80. The molecule has 140 valence electrons. The predicted molar refractivity (Wildman–Crippen MR) is 108 cm³/mol. The number of hydrogen-bond donors (Lipinski definition) is 1. The molecule has 1 N–H and O–H groups in total. The first kappa shape index (κ1) is 17.9. The van der Waals surface area contributed by atoms with Crippen molar-refractivity contribution in [3.8, 4) is 22.2 Å². The number of carbonyl (C=O) groups is 1. The van der Waals surface area contributed by atoms with Crippen LogP contribution in [0, 0.1) is 0 Å². The van der Waals surface area contributed by atoms with Crippen molar-refractivity contribution >= 4 is 33.1 Å². The van der Waals surface area contributed by atoms with Gasteiger partial charge in [0.2, 0.25) is 0 Å². The first-order valence-electron chi connectivity index (χ1n) is 8.39. The SMILES string of the molecule is COc1cc(NC(=O)c2nccnc2-c2nc3ccccc3s2)cc(OC)c1. The molecule has 0 spiro atoms. The van der Waals surface area contributed by atoms with Crippen molar-refractivity contribution in [1.29, 1.82) is 0 Å². The van der Waals surface area contributed by atoms with Crippen LogP contribution in [0.1, 0.15) is 10.5 Å². The van der Waals surface area contributed by atoms with Crippen LogP contribution in [0.2, 0.25) is 0 Å². The van der Waals surface area contributed by atoms with Gasteiger partial charge in [0, 0.05) is 36.3 Å². The summed E-state index contributed by atoms with van der Waals surface area (Å²) in [6, 6.07) is 12.9. The first-order valence-corrected chi connectivity index (χ1v) is 9.21. The van der Waals surface area contributed by atoms with Gasteiger partial charge < -0.3 is 14.8 Å². The molecule has 0 atom stereocenters. The van der Waals surface area contributed by atoms with Gasteiger partial charge in [0.05, 0.1) is 24.4 Å². The maximum atomic E-state index is 12.9. The van der Waals surface area contributed by atoms with Crippen molar-refractivity contribution in [2.75, 3.05) is 19.5 Å². The Bertz CT molecular complexity index is 1100. The fourth-order valence-electron chi connectivity index (χ4n) is 2.70. The van der Waals surface area contributed by atoms with E-state index < -0.39 is 5.91 Å². The Morgan fingerprint density at radius 2 is 1.71 bits per heavy atom. The summed E-state index contributed by atoms with van der Waals surface area (Å²) in [6.45, 7) is 0. The molecule has 2 aromatic heterocycles. The lowest BCUT2D eigenvalue weighted by atomic mass is 10.2. The first-order chi connectivity index (χ1) is 13.7. The van der Waals surface area contributed by atoms with Crippen LogP contribution in [0.5, 0.6) is 11.5 Å². The van der Waals surface area contributed by atoms with E-state index in [-0.39, 0.29) is 5.69 Å². The van der Waals surface area contributed by atoms with Crippen molar-refractivity contribution in [1.82, 2.24) is 15.0 Å². The van der Waals surface area contributed by atoms with E-state index in [1.54, 1.807) is 38.6 Å². The van der Waals surface area contributed by atoms with Gasteiger partial charge >= 0.3 is 0 Å². The topological polar surface area (TPSA) is 86.2 Å². The second kappa shape index (κ2) is 7.61. The Kier molecular flexibility index (Phi) is 4.86. The summed E-state index contributed by atoms with van der Waals surface area (Å²) in [5, 5.41) is 3.47. The molecule has 0 fully saturated rings. The van der Waals surface area contributed by atoms with Gasteiger partial charge in [-0.15, -0.1) is 11.3 Å². The largest absolute Gasteiger partial charge is 0.497 e. The van der Waals surface area contributed by atoms with Crippen LogP contribution >= 0.6 is 11.3 Å². The lowest BCUT2D eigenvalue weighted by Gasteiger charge is -2.10. The Balaban J connectivity index is 1.69. The molecule has 0 radical (unpaired) electrons. The highest BCUT2D eigenvalue weighted by atomic mass is 32.1. The maximum Gasteiger partial charge on any atom is 0.276 e. The Hall–Kier alpha value is -3.52. The minimum absolute atomic E-state index is 0.198. The van der Waals surface area contributed by atoms with Crippen LogP contribution in [-0.4, -0.2) is 35.1 Å². The van der Waals surface area contributed by atoms with Crippen molar-refractivity contribution < 1.29 is 14.3 Å². The Morgan fingerprint density at radius 1 is 1.00 bits per heavy atom. The molecule has 1 amide bonds. The van der Waals surface area contributed by atoms with Crippen molar-refractivity contribution in [3.63, 3.8) is 0 Å². The molecule has 8 heteroatoms. The Morgan fingerprint density at radius 3 is 2.43 bits per heavy atom. The average Bonchev–Trinajstić information content (AvgIpc) is 3.17. The molecule has 4 aromatic rings. The van der Waals surface area contributed by atoms with E-state index in [9.17, 15) is 4.79 Å². The van der Waals surface area contributed by atoms with Gasteiger partial charge in [0.15, 0.2) is 5.69 Å². The van der Waals surface area contributed by atoms with Gasteiger partial charge in [-0.05, 0) is 12.1 Å². The van der Waals surface area contributed by atoms with Gasteiger partial charge in [-0.1, -0.05) is 12.1 Å². The summed E-state index contributed by atoms with van der Waals surface area (Å²) in [5.74, 6) is 0.748. The minimum Gasteiger partial charge on any atom is -0.497 e. The van der Waals surface area contributed by atoms with Crippen LogP contribution in [0.15, 0.2) is 54.9 Å². The number of hydrogen-bond acceptors (Lipinski definition) is 7. The van der Waals surface area contributed by atoms with E-state index in [1.807, 2.05) is 24.3 Å². The highest BCUT2D eigenvalue weighted by Gasteiger charge is 2.19. The lowest BCUT2D eigenvalue weighted by Crippen LogP contribution is -2.15. The molecule has 0 saturated heterocycles. The molecule has 0 bridgehead atoms. The van der Waals surface area contributed by atoms with E-state index >= 15 is 0 Å². The number of methoxy groups -OCH3 is 2. The number of benzene rings is 2. The van der Waals surface area contributed by atoms with Gasteiger partial charge in [-0.25, -0.2) is 15.0 Å². The van der Waals surface area contributed by atoms with E-state index in [1.165, 1.54) is 17.5 Å². The number of anilines is 1. The number of rotatable bonds is 5. The van der Waals surface area contributed by atoms with E-state index in [2.05, 4.69) is 20.3 Å². The van der Waals surface area contributed by atoms with E-state index in [0.717, 1.165) is 10.2 Å². The molecule has 0 unspecified atom stereocenters. The molecule has 7 nitrogen and oxygen atoms in total. The molecule has 4 rings (SSSR count). The van der Waals surface area contributed by atoms with Gasteiger partial charge in [-0.3, -0.25) is 4.79 Å². The quantitative estimate of drug-likeness (QED) is 0.552. The van der Waals surface area contributed by atoms with Crippen molar-refractivity contribution in [2.45, 2.75) is 0 Å². The zero-order valence-electron chi connectivity index (χ0n) is 15.2. The van der Waals surface area contributed by atoms with Crippen LogP contribution < -0.4 is 14.8 Å². The molecule has 0 saturated carbocycles. The highest BCUT2D eigenvalue weighted by molar-refractivity contribution is 7.21. The summed E-state index contributed by atoms with van der Waals surface area (Å²) >= 11 is 1.47. The molecular formula is C20H16N4O3S. The molecule has 2 heterocycles. The van der Waals surface area contributed by atoms with E-state index in [0.29, 0.717) is 27.9 Å². The van der Waals surface area contributed by atoms with Crippen LogP contribution in [0.4, 0.5) is 5.69 Å². The number of carbonyl (C=O) groups excluding carboxylic acids is 1. The third kappa shape index (κ3) is 3.49. The summed E-state index contributed by atoms with van der Waals surface area (Å²) in [6.07, 6.45) is 3.03. The van der Waals surface area contributed by atoms with Crippen molar-refractivity contribution in [3.05, 3.63) is 60.6 Å². The fourth-order valence-corrected chi connectivity index (χ4v) is 3.67. The molecule has 2 aromatic carbocycles. The standard InChI is InChI=1S/C20H16N4O3S/c1-26-13-9-12(10-14(11-13)27-2)23-19(25)17-18(22-8-7-21-17)20-24-15-5-3-4-6-16(15)28-20/h3-11H,1-2H3,(H,23,25). The smallest absolute Gasteiger partial charge is 0.276 e. The highest BCUT2D eigenvalue weighted by Crippen LogP contribution is 2.31. The number of nitrogens with zero attached hydrogens (tertiary/aromatic N) is 3. The number of ether oxygens (including phenoxy) is 2. The molecule has 0 aliphatic rings. The number of thiazole rings is 1. The molecular weight excluding hydrogens is 376 g/mol. The third-order valence-electron chi connectivity index (χ3n) is 4.02. The minimum atomic E-state index is -0.391. The number of para-hydroxylation sites is 1. The Labute approximate surface area is 165 Å². The monoisotopic (exact) mass is 392 g/mol. The molecule has 0 aliphatic heterocycles. The predicted octanol–water partition coefficient (Wildman–Crippen LogP) is 4.02. The number of aromatic nitrogens is 3. The summed E-state index contributed by atoms with van der Waals surface area (Å²) in [4.78, 5) is 26.1. The zero-order valence-corrected chi connectivity index (χ0v) is 16.0.